The number of rotatable bonds is 5. The number of aryl methyl sites for hydroxylation is 1. The molecule has 4 aromatic rings. The second-order valence-corrected chi connectivity index (χ2v) is 7.54. The molecule has 0 fully saturated rings. The van der Waals surface area contributed by atoms with Crippen molar-refractivity contribution in [2.24, 2.45) is 7.05 Å². The minimum absolute atomic E-state index is 0.263. The van der Waals surface area contributed by atoms with Gasteiger partial charge in [0.1, 0.15) is 25.1 Å². The topological polar surface area (TPSA) is 74.6 Å². The van der Waals surface area contributed by atoms with Gasteiger partial charge in [0.2, 0.25) is 5.75 Å². The van der Waals surface area contributed by atoms with Crippen molar-refractivity contribution in [3.63, 3.8) is 0 Å². The first-order valence-corrected chi connectivity index (χ1v) is 10.4. The third-order valence-corrected chi connectivity index (χ3v) is 5.58. The van der Waals surface area contributed by atoms with Crippen molar-refractivity contribution >= 4 is 16.9 Å². The van der Waals surface area contributed by atoms with Gasteiger partial charge in [-0.2, -0.15) is 0 Å². The van der Waals surface area contributed by atoms with Crippen LogP contribution in [0.25, 0.3) is 11.0 Å². The summed E-state index contributed by atoms with van der Waals surface area (Å²) in [6.07, 6.45) is 0. The number of carbonyl (C=O) groups excluding carboxylic acids is 1. The van der Waals surface area contributed by atoms with Crippen LogP contribution in [0.15, 0.2) is 66.7 Å². The number of nitrogens with zero attached hydrogens (tertiary/aromatic N) is 2. The molecular formula is C25H23N3O4. The summed E-state index contributed by atoms with van der Waals surface area (Å²) in [4.78, 5) is 18.2. The smallest absolute Gasteiger partial charge is 0.252 e. The Hall–Kier alpha value is -4.00. The number of carbonyl (C=O) groups is 1. The highest BCUT2D eigenvalue weighted by molar-refractivity contribution is 5.96. The fraction of sp³-hybridized carbons (Fsp3) is 0.200. The van der Waals surface area contributed by atoms with Crippen LogP contribution < -0.4 is 19.5 Å². The van der Waals surface area contributed by atoms with Crippen molar-refractivity contribution < 1.29 is 19.0 Å². The maximum Gasteiger partial charge on any atom is 0.252 e. The van der Waals surface area contributed by atoms with Crippen molar-refractivity contribution in [3.05, 3.63) is 83.7 Å². The first-order chi connectivity index (χ1) is 15.7. The van der Waals surface area contributed by atoms with Crippen molar-refractivity contribution in [2.75, 3.05) is 20.3 Å². The molecular weight excluding hydrogens is 406 g/mol. The Labute approximate surface area is 185 Å². The molecule has 0 radical (unpaired) electrons. The number of hydrogen-bond acceptors (Lipinski definition) is 5. The van der Waals surface area contributed by atoms with Crippen molar-refractivity contribution in [2.45, 2.75) is 6.04 Å². The highest BCUT2D eigenvalue weighted by Gasteiger charge is 2.26. The molecule has 1 amide bonds. The monoisotopic (exact) mass is 429 g/mol. The molecule has 32 heavy (non-hydrogen) atoms. The van der Waals surface area contributed by atoms with Gasteiger partial charge >= 0.3 is 0 Å². The number of imidazole rings is 1. The average molecular weight is 429 g/mol. The quantitative estimate of drug-likeness (QED) is 0.521. The van der Waals surface area contributed by atoms with Crippen LogP contribution in [0, 0.1) is 0 Å². The van der Waals surface area contributed by atoms with Crippen LogP contribution in [0.1, 0.15) is 27.8 Å². The van der Waals surface area contributed by atoms with Gasteiger partial charge in [0, 0.05) is 12.6 Å². The van der Waals surface area contributed by atoms with E-state index in [-0.39, 0.29) is 5.91 Å². The minimum Gasteiger partial charge on any atom is -0.493 e. The van der Waals surface area contributed by atoms with E-state index in [1.54, 1.807) is 19.2 Å². The Balaban J connectivity index is 1.55. The Bertz CT molecular complexity index is 1270. The van der Waals surface area contributed by atoms with E-state index in [1.165, 1.54) is 0 Å². The van der Waals surface area contributed by atoms with Gasteiger partial charge in [0.05, 0.1) is 18.1 Å². The highest BCUT2D eigenvalue weighted by atomic mass is 16.6. The molecule has 0 saturated carbocycles. The predicted molar refractivity (Wildman–Crippen MR) is 120 cm³/mol. The number of ether oxygens (including phenoxy) is 3. The Morgan fingerprint density at radius 2 is 1.81 bits per heavy atom. The Morgan fingerprint density at radius 3 is 2.59 bits per heavy atom. The minimum atomic E-state index is -0.444. The fourth-order valence-corrected chi connectivity index (χ4v) is 3.98. The predicted octanol–water partition coefficient (Wildman–Crippen LogP) is 3.87. The van der Waals surface area contributed by atoms with Crippen LogP contribution in [-0.2, 0) is 7.05 Å². The van der Waals surface area contributed by atoms with Gasteiger partial charge < -0.3 is 24.1 Å². The molecule has 1 aliphatic rings. The second kappa shape index (κ2) is 8.26. The van der Waals surface area contributed by atoms with Gasteiger partial charge in [0.25, 0.3) is 5.91 Å². The zero-order valence-corrected chi connectivity index (χ0v) is 17.9. The summed E-state index contributed by atoms with van der Waals surface area (Å²) in [6, 6.07) is 20.6. The van der Waals surface area contributed by atoms with Crippen LogP contribution in [0.2, 0.25) is 0 Å². The van der Waals surface area contributed by atoms with Crippen LogP contribution >= 0.6 is 0 Å². The van der Waals surface area contributed by atoms with Crippen LogP contribution in [0.5, 0.6) is 17.2 Å². The standard InChI is InChI=1S/C25H23N3O4/c1-28-19-11-7-6-10-18(19)26-24(28)22(16-8-4-3-5-9-16)27-25(29)17-14-20(30-2)23-21(15-17)31-12-13-32-23/h3-11,14-15,22H,12-13H2,1-2H3,(H,27,29). The SMILES string of the molecule is COc1cc(C(=O)NC(c2ccccc2)c2nc3ccccc3n2C)cc2c1OCCO2. The Kier molecular flexibility index (Phi) is 5.15. The summed E-state index contributed by atoms with van der Waals surface area (Å²) in [5.41, 5.74) is 3.23. The molecule has 1 unspecified atom stereocenters. The van der Waals surface area contributed by atoms with Gasteiger partial charge in [-0.15, -0.1) is 0 Å². The molecule has 1 aliphatic heterocycles. The third-order valence-electron chi connectivity index (χ3n) is 5.58. The molecule has 0 saturated heterocycles. The van der Waals surface area contributed by atoms with E-state index in [2.05, 4.69) is 5.32 Å². The van der Waals surface area contributed by atoms with Gasteiger partial charge in [0.15, 0.2) is 11.5 Å². The first kappa shape index (κ1) is 19.9. The molecule has 1 aromatic heterocycles. The van der Waals surface area contributed by atoms with Crippen LogP contribution in [0.4, 0.5) is 0 Å². The maximum absolute atomic E-state index is 13.4. The summed E-state index contributed by atoms with van der Waals surface area (Å²) in [5, 5.41) is 3.15. The first-order valence-electron chi connectivity index (χ1n) is 10.4. The largest absolute Gasteiger partial charge is 0.493 e. The number of para-hydroxylation sites is 2. The molecule has 0 spiro atoms. The van der Waals surface area contributed by atoms with Crippen molar-refractivity contribution in [1.29, 1.82) is 0 Å². The van der Waals surface area contributed by atoms with E-state index in [1.807, 2.05) is 66.2 Å². The number of amides is 1. The highest BCUT2D eigenvalue weighted by Crippen LogP contribution is 2.40. The van der Waals surface area contributed by atoms with Gasteiger partial charge in [-0.1, -0.05) is 42.5 Å². The molecule has 162 valence electrons. The van der Waals surface area contributed by atoms with E-state index in [0.29, 0.717) is 36.0 Å². The molecule has 3 aromatic carbocycles. The van der Waals surface area contributed by atoms with E-state index in [4.69, 9.17) is 19.2 Å². The lowest BCUT2D eigenvalue weighted by atomic mass is 10.0. The third kappa shape index (κ3) is 3.51. The molecule has 0 bridgehead atoms. The summed E-state index contributed by atoms with van der Waals surface area (Å²) in [7, 11) is 3.50. The molecule has 7 nitrogen and oxygen atoms in total. The molecule has 5 rings (SSSR count). The lowest BCUT2D eigenvalue weighted by Crippen LogP contribution is -2.31. The summed E-state index contributed by atoms with van der Waals surface area (Å²) < 4.78 is 18.8. The van der Waals surface area contributed by atoms with Crippen LogP contribution in [0.3, 0.4) is 0 Å². The zero-order chi connectivity index (χ0) is 22.1. The van der Waals surface area contributed by atoms with Gasteiger partial charge in [-0.25, -0.2) is 4.98 Å². The number of fused-ring (bicyclic) bond motifs is 2. The molecule has 1 N–H and O–H groups in total. The zero-order valence-electron chi connectivity index (χ0n) is 17.9. The van der Waals surface area contributed by atoms with E-state index < -0.39 is 6.04 Å². The summed E-state index contributed by atoms with van der Waals surface area (Å²) >= 11 is 0. The molecule has 2 heterocycles. The number of nitrogens with one attached hydrogen (secondary N) is 1. The van der Waals surface area contributed by atoms with Gasteiger partial charge in [-0.3, -0.25) is 4.79 Å². The Morgan fingerprint density at radius 1 is 1.06 bits per heavy atom. The maximum atomic E-state index is 13.4. The lowest BCUT2D eigenvalue weighted by molar-refractivity contribution is 0.0939. The van der Waals surface area contributed by atoms with Gasteiger partial charge in [-0.05, 0) is 29.8 Å². The summed E-state index contributed by atoms with van der Waals surface area (Å²) in [6.45, 7) is 0.866. The lowest BCUT2D eigenvalue weighted by Gasteiger charge is -2.22. The number of benzene rings is 3. The summed E-state index contributed by atoms with van der Waals surface area (Å²) in [5.74, 6) is 1.97. The second-order valence-electron chi connectivity index (χ2n) is 7.54. The number of methoxy groups -OCH3 is 1. The number of aromatic nitrogens is 2. The van der Waals surface area contributed by atoms with Crippen molar-refractivity contribution in [3.8, 4) is 17.2 Å². The van der Waals surface area contributed by atoms with E-state index >= 15 is 0 Å². The van der Waals surface area contributed by atoms with E-state index in [0.717, 1.165) is 22.4 Å². The fourth-order valence-electron chi connectivity index (χ4n) is 3.98. The van der Waals surface area contributed by atoms with Crippen molar-refractivity contribution in [1.82, 2.24) is 14.9 Å². The van der Waals surface area contributed by atoms with Crippen LogP contribution in [-0.4, -0.2) is 35.8 Å². The molecule has 1 atom stereocenters. The normalized spacial score (nSPS) is 13.6. The van der Waals surface area contributed by atoms with E-state index in [9.17, 15) is 4.79 Å². The molecule has 0 aliphatic carbocycles. The average Bonchev–Trinajstić information content (AvgIpc) is 3.18. The molecule has 7 heteroatoms. The number of hydrogen-bond donors (Lipinski definition) is 1.